The fourth-order valence-electron chi connectivity index (χ4n) is 0.900. The van der Waals surface area contributed by atoms with E-state index in [1.54, 1.807) is 11.8 Å². The van der Waals surface area contributed by atoms with Gasteiger partial charge in [-0.2, -0.15) is 0 Å². The Bertz CT molecular complexity index is 262. The van der Waals surface area contributed by atoms with Crippen LogP contribution in [0.4, 0.5) is 0 Å². The second-order valence-corrected chi connectivity index (χ2v) is 3.14. The molecule has 0 bridgehead atoms. The van der Waals surface area contributed by atoms with Gasteiger partial charge in [0.05, 0.1) is 4.90 Å². The lowest BCUT2D eigenvalue weighted by molar-refractivity contribution is 0.396. The highest BCUT2D eigenvalue weighted by Crippen LogP contribution is 2.35. The number of aryl methyl sites for hydroxylation is 1. The van der Waals surface area contributed by atoms with Gasteiger partial charge in [-0.25, -0.2) is 0 Å². The third-order valence-corrected chi connectivity index (χ3v) is 2.25. The van der Waals surface area contributed by atoms with Gasteiger partial charge in [-0.1, -0.05) is 11.8 Å². The first-order valence-electron chi connectivity index (χ1n) is 3.08. The highest BCUT2D eigenvalue weighted by Gasteiger charge is 2.11. The quantitative estimate of drug-likeness (QED) is 0.567. The molecule has 52 valence electrons. The summed E-state index contributed by atoms with van der Waals surface area (Å²) in [6.45, 7) is 1.96. The van der Waals surface area contributed by atoms with Crippen molar-refractivity contribution in [2.24, 2.45) is 0 Å². The molecular formula is C7H7NOS. The van der Waals surface area contributed by atoms with Crippen molar-refractivity contribution in [3.63, 3.8) is 0 Å². The molecule has 2 nitrogen and oxygen atoms in total. The third kappa shape index (κ3) is 0.865. The number of nitrogens with zero attached hydrogens (tertiary/aromatic N) is 1. The largest absolute Gasteiger partial charge is 0.481 e. The molecule has 2 heterocycles. The summed E-state index contributed by atoms with van der Waals surface area (Å²) in [5.41, 5.74) is 1.02. The summed E-state index contributed by atoms with van der Waals surface area (Å²) in [5.74, 6) is 1.72. The van der Waals surface area contributed by atoms with E-state index >= 15 is 0 Å². The number of rotatable bonds is 0. The molecule has 0 amide bonds. The van der Waals surface area contributed by atoms with Crippen LogP contribution >= 0.6 is 11.8 Å². The van der Waals surface area contributed by atoms with Gasteiger partial charge in [0.25, 0.3) is 0 Å². The van der Waals surface area contributed by atoms with Crippen LogP contribution in [0, 0.1) is 6.92 Å². The Kier molecular flexibility index (Phi) is 1.31. The average molecular weight is 153 g/mol. The Balaban J connectivity index is 2.52. The molecule has 0 saturated carbocycles. The van der Waals surface area contributed by atoms with E-state index in [0.29, 0.717) is 0 Å². The maximum Gasteiger partial charge on any atom is 0.138 e. The third-order valence-electron chi connectivity index (χ3n) is 1.40. The molecule has 1 aromatic rings. The molecule has 0 saturated heterocycles. The minimum atomic E-state index is 0.737. The number of hydrogen-bond donors (Lipinski definition) is 0. The van der Waals surface area contributed by atoms with Gasteiger partial charge in [0.2, 0.25) is 0 Å². The van der Waals surface area contributed by atoms with Crippen LogP contribution in [-0.4, -0.2) is 10.9 Å². The topological polar surface area (TPSA) is 22.1 Å². The summed E-state index contributed by atoms with van der Waals surface area (Å²) in [6, 6.07) is 1.97. The Morgan fingerprint density at radius 1 is 1.70 bits per heavy atom. The van der Waals surface area contributed by atoms with Gasteiger partial charge in [0, 0.05) is 18.0 Å². The number of fused-ring (bicyclic) bond motifs is 1. The molecular weight excluding hydrogens is 146 g/mol. The van der Waals surface area contributed by atoms with E-state index in [0.717, 1.165) is 22.3 Å². The van der Waals surface area contributed by atoms with Crippen LogP contribution in [0.2, 0.25) is 0 Å². The van der Waals surface area contributed by atoms with Crippen molar-refractivity contribution < 1.29 is 4.74 Å². The molecule has 0 fully saturated rings. The molecule has 0 atom stereocenters. The number of hydrogen-bond acceptors (Lipinski definition) is 3. The summed E-state index contributed by atoms with van der Waals surface area (Å²) in [5, 5.41) is 0. The monoisotopic (exact) mass is 153 g/mol. The molecule has 0 spiro atoms. The van der Waals surface area contributed by atoms with Crippen molar-refractivity contribution in [2.45, 2.75) is 11.8 Å². The van der Waals surface area contributed by atoms with E-state index in [-0.39, 0.29) is 0 Å². The standard InChI is InChI=1S/C7H7NOS/c1-5-2-6-7(3-8-5)10-4-9-6/h2-3H,4H2,1H3. The van der Waals surface area contributed by atoms with Crippen molar-refractivity contribution in [3.8, 4) is 5.75 Å². The molecule has 1 aliphatic rings. The summed E-state index contributed by atoms with van der Waals surface area (Å²) in [6.07, 6.45) is 1.86. The molecule has 0 unspecified atom stereocenters. The zero-order valence-electron chi connectivity index (χ0n) is 5.63. The van der Waals surface area contributed by atoms with E-state index in [4.69, 9.17) is 4.74 Å². The van der Waals surface area contributed by atoms with Crippen molar-refractivity contribution in [2.75, 3.05) is 5.94 Å². The van der Waals surface area contributed by atoms with Crippen molar-refractivity contribution >= 4 is 11.8 Å². The number of pyridine rings is 1. The highest BCUT2D eigenvalue weighted by molar-refractivity contribution is 7.99. The van der Waals surface area contributed by atoms with Gasteiger partial charge in [0.1, 0.15) is 11.7 Å². The molecule has 2 rings (SSSR count). The van der Waals surface area contributed by atoms with E-state index in [9.17, 15) is 0 Å². The minimum absolute atomic E-state index is 0.737. The van der Waals surface area contributed by atoms with Crippen molar-refractivity contribution in [1.29, 1.82) is 0 Å². The predicted molar refractivity (Wildman–Crippen MR) is 40.3 cm³/mol. The molecule has 0 radical (unpaired) electrons. The number of ether oxygens (including phenoxy) is 1. The van der Waals surface area contributed by atoms with Gasteiger partial charge in [-0.05, 0) is 6.92 Å². The summed E-state index contributed by atoms with van der Waals surface area (Å²) < 4.78 is 5.30. The second kappa shape index (κ2) is 2.16. The minimum Gasteiger partial charge on any atom is -0.481 e. The Labute approximate surface area is 63.6 Å². The van der Waals surface area contributed by atoms with Gasteiger partial charge in [0.15, 0.2) is 0 Å². The Hall–Kier alpha value is -0.700. The van der Waals surface area contributed by atoms with E-state index < -0.39 is 0 Å². The molecule has 0 aliphatic carbocycles. The molecule has 1 aromatic heterocycles. The summed E-state index contributed by atoms with van der Waals surface area (Å²) in [7, 11) is 0. The zero-order valence-corrected chi connectivity index (χ0v) is 6.44. The Morgan fingerprint density at radius 2 is 2.60 bits per heavy atom. The average Bonchev–Trinajstić information content (AvgIpc) is 2.33. The normalized spacial score (nSPS) is 14.5. The van der Waals surface area contributed by atoms with Crippen molar-refractivity contribution in [3.05, 3.63) is 18.0 Å². The number of thioether (sulfide) groups is 1. The van der Waals surface area contributed by atoms with Crippen LogP contribution in [0.3, 0.4) is 0 Å². The maximum absolute atomic E-state index is 5.30. The van der Waals surface area contributed by atoms with Crippen LogP contribution < -0.4 is 4.74 Å². The fraction of sp³-hybridized carbons (Fsp3) is 0.286. The van der Waals surface area contributed by atoms with E-state index in [1.807, 2.05) is 19.2 Å². The second-order valence-electron chi connectivity index (χ2n) is 2.18. The van der Waals surface area contributed by atoms with Gasteiger partial charge >= 0.3 is 0 Å². The summed E-state index contributed by atoms with van der Waals surface area (Å²) in [4.78, 5) is 5.31. The lowest BCUT2D eigenvalue weighted by Crippen LogP contribution is -1.84. The van der Waals surface area contributed by atoms with Crippen LogP contribution in [0.15, 0.2) is 17.2 Å². The SMILES string of the molecule is Cc1cc2c(cn1)SCO2. The number of aromatic nitrogens is 1. The smallest absolute Gasteiger partial charge is 0.138 e. The molecule has 0 aromatic carbocycles. The lowest BCUT2D eigenvalue weighted by Gasteiger charge is -1.95. The highest BCUT2D eigenvalue weighted by atomic mass is 32.2. The van der Waals surface area contributed by atoms with E-state index in [2.05, 4.69) is 4.98 Å². The molecule has 10 heavy (non-hydrogen) atoms. The zero-order chi connectivity index (χ0) is 6.97. The molecule has 0 N–H and O–H groups in total. The predicted octanol–water partition coefficient (Wildman–Crippen LogP) is 1.83. The first kappa shape index (κ1) is 6.04. The first-order chi connectivity index (χ1) is 4.86. The van der Waals surface area contributed by atoms with Crippen LogP contribution in [0.25, 0.3) is 0 Å². The van der Waals surface area contributed by atoms with E-state index in [1.165, 1.54) is 0 Å². The Morgan fingerprint density at radius 3 is 3.50 bits per heavy atom. The lowest BCUT2D eigenvalue weighted by atomic mass is 10.3. The van der Waals surface area contributed by atoms with Gasteiger partial charge < -0.3 is 4.74 Å². The molecule has 1 aliphatic heterocycles. The van der Waals surface area contributed by atoms with Crippen LogP contribution in [0.1, 0.15) is 5.69 Å². The first-order valence-corrected chi connectivity index (χ1v) is 4.07. The van der Waals surface area contributed by atoms with Crippen LogP contribution in [-0.2, 0) is 0 Å². The maximum atomic E-state index is 5.30. The van der Waals surface area contributed by atoms with Gasteiger partial charge in [-0.3, -0.25) is 4.98 Å². The molecule has 3 heteroatoms. The van der Waals surface area contributed by atoms with Crippen molar-refractivity contribution in [1.82, 2.24) is 4.98 Å². The van der Waals surface area contributed by atoms with Crippen LogP contribution in [0.5, 0.6) is 5.75 Å². The fourth-order valence-corrected chi connectivity index (χ4v) is 1.60. The van der Waals surface area contributed by atoms with Gasteiger partial charge in [-0.15, -0.1) is 0 Å². The summed E-state index contributed by atoms with van der Waals surface area (Å²) >= 11 is 1.69.